The zero-order valence-corrected chi connectivity index (χ0v) is 12.8. The van der Waals surface area contributed by atoms with Crippen LogP contribution in [0.4, 0.5) is 0 Å². The molecule has 0 bridgehead atoms. The summed E-state index contributed by atoms with van der Waals surface area (Å²) in [6.07, 6.45) is 0.841. The number of amides is 1. The van der Waals surface area contributed by atoms with Crippen LogP contribution in [0.5, 0.6) is 0 Å². The molecule has 0 aromatic heterocycles. The van der Waals surface area contributed by atoms with E-state index >= 15 is 0 Å². The van der Waals surface area contributed by atoms with E-state index in [4.69, 9.17) is 10.5 Å². The van der Waals surface area contributed by atoms with E-state index in [0.29, 0.717) is 0 Å². The summed E-state index contributed by atoms with van der Waals surface area (Å²) in [7, 11) is 1.54. The van der Waals surface area contributed by atoms with Crippen LogP contribution in [0.2, 0.25) is 0 Å². The van der Waals surface area contributed by atoms with E-state index in [1.807, 2.05) is 18.2 Å². The Morgan fingerprint density at radius 1 is 1.35 bits per heavy atom. The zero-order chi connectivity index (χ0) is 15.2. The first kappa shape index (κ1) is 16.7. The summed E-state index contributed by atoms with van der Waals surface area (Å²) in [5.74, 6) is -0.164. The number of nitrogens with one attached hydrogen (secondary N) is 1. The lowest BCUT2D eigenvalue weighted by atomic mass is 9.76. The molecule has 1 rings (SSSR count). The lowest BCUT2D eigenvalue weighted by Crippen LogP contribution is -2.53. The van der Waals surface area contributed by atoms with Crippen molar-refractivity contribution >= 4 is 5.91 Å². The van der Waals surface area contributed by atoms with Gasteiger partial charge in [-0.1, -0.05) is 51.1 Å². The smallest absolute Gasteiger partial charge is 0.239 e. The Morgan fingerprint density at radius 3 is 2.45 bits per heavy atom. The Morgan fingerprint density at radius 2 is 1.95 bits per heavy atom. The highest BCUT2D eigenvalue weighted by Crippen LogP contribution is 2.28. The summed E-state index contributed by atoms with van der Waals surface area (Å²) >= 11 is 0. The fourth-order valence-electron chi connectivity index (χ4n) is 2.40. The van der Waals surface area contributed by atoms with Crippen LogP contribution >= 0.6 is 0 Å². The van der Waals surface area contributed by atoms with Gasteiger partial charge in [-0.05, 0) is 12.0 Å². The lowest BCUT2D eigenvalue weighted by molar-refractivity contribution is -0.124. The van der Waals surface area contributed by atoms with Crippen molar-refractivity contribution in [2.75, 3.05) is 13.7 Å². The average Bonchev–Trinajstić information content (AvgIpc) is 2.45. The van der Waals surface area contributed by atoms with Gasteiger partial charge in [0, 0.05) is 18.6 Å². The molecule has 112 valence electrons. The second-order valence-corrected chi connectivity index (χ2v) is 5.62. The number of hydrogen-bond donors (Lipinski definition) is 2. The standard InChI is InChI=1S/C16H26N2O2/c1-5-14(18-15(19)13(17)11-20-4)16(2,3)12-9-7-6-8-10-12/h6-10,13-14H,5,11,17H2,1-4H3,(H,18,19). The molecule has 1 aromatic carbocycles. The van der Waals surface area contributed by atoms with Crippen molar-refractivity contribution in [1.82, 2.24) is 5.32 Å². The maximum atomic E-state index is 12.1. The molecule has 20 heavy (non-hydrogen) atoms. The van der Waals surface area contributed by atoms with Gasteiger partial charge in [0.05, 0.1) is 6.61 Å². The Kier molecular flexibility index (Phi) is 6.17. The highest BCUT2D eigenvalue weighted by atomic mass is 16.5. The van der Waals surface area contributed by atoms with Gasteiger partial charge in [0.1, 0.15) is 6.04 Å². The summed E-state index contributed by atoms with van der Waals surface area (Å²) in [6.45, 7) is 6.57. The molecule has 2 atom stereocenters. The normalized spacial score (nSPS) is 14.7. The van der Waals surface area contributed by atoms with Gasteiger partial charge >= 0.3 is 0 Å². The molecule has 0 aliphatic rings. The molecule has 0 aliphatic carbocycles. The fraction of sp³-hybridized carbons (Fsp3) is 0.562. The highest BCUT2D eigenvalue weighted by molar-refractivity contribution is 5.82. The molecule has 1 amide bonds. The summed E-state index contributed by atoms with van der Waals surface area (Å²) in [5, 5.41) is 3.05. The van der Waals surface area contributed by atoms with Gasteiger partial charge in [-0.3, -0.25) is 4.79 Å². The second kappa shape index (κ2) is 7.41. The molecule has 4 nitrogen and oxygen atoms in total. The van der Waals surface area contributed by atoms with Crippen molar-refractivity contribution in [1.29, 1.82) is 0 Å². The first-order chi connectivity index (χ1) is 9.43. The van der Waals surface area contributed by atoms with Crippen molar-refractivity contribution < 1.29 is 9.53 Å². The van der Waals surface area contributed by atoms with Crippen molar-refractivity contribution in [2.45, 2.75) is 44.7 Å². The summed E-state index contributed by atoms with van der Waals surface area (Å²) < 4.78 is 4.92. The molecule has 0 aliphatic heterocycles. The van der Waals surface area contributed by atoms with E-state index in [2.05, 4.69) is 38.2 Å². The van der Waals surface area contributed by atoms with Gasteiger partial charge in [0.15, 0.2) is 0 Å². The van der Waals surface area contributed by atoms with Gasteiger partial charge < -0.3 is 15.8 Å². The minimum atomic E-state index is -0.624. The SMILES string of the molecule is CCC(NC(=O)C(N)COC)C(C)(C)c1ccccc1. The van der Waals surface area contributed by atoms with Crippen molar-refractivity contribution in [3.8, 4) is 0 Å². The van der Waals surface area contributed by atoms with Gasteiger partial charge in [0.2, 0.25) is 5.91 Å². The maximum absolute atomic E-state index is 12.1. The molecule has 0 spiro atoms. The van der Waals surface area contributed by atoms with Crippen LogP contribution in [-0.2, 0) is 14.9 Å². The topological polar surface area (TPSA) is 64.4 Å². The van der Waals surface area contributed by atoms with Gasteiger partial charge in [-0.15, -0.1) is 0 Å². The van der Waals surface area contributed by atoms with Gasteiger partial charge in [-0.25, -0.2) is 0 Å². The third-order valence-electron chi connectivity index (χ3n) is 3.80. The number of rotatable bonds is 7. The number of ether oxygens (including phenoxy) is 1. The summed E-state index contributed by atoms with van der Waals surface area (Å²) in [4.78, 5) is 12.1. The fourth-order valence-corrected chi connectivity index (χ4v) is 2.40. The van der Waals surface area contributed by atoms with Crippen LogP contribution < -0.4 is 11.1 Å². The lowest BCUT2D eigenvalue weighted by Gasteiger charge is -2.35. The number of benzene rings is 1. The molecular formula is C16H26N2O2. The number of carbonyl (C=O) groups is 1. The predicted molar refractivity (Wildman–Crippen MR) is 81.5 cm³/mol. The number of methoxy groups -OCH3 is 1. The monoisotopic (exact) mass is 278 g/mol. The first-order valence-electron chi connectivity index (χ1n) is 7.03. The molecule has 0 radical (unpaired) electrons. The predicted octanol–water partition coefficient (Wildman–Crippen LogP) is 1.83. The van der Waals surface area contributed by atoms with Gasteiger partial charge in [0.25, 0.3) is 0 Å². The molecule has 2 unspecified atom stereocenters. The van der Waals surface area contributed by atoms with Crippen molar-refractivity contribution in [2.24, 2.45) is 5.73 Å². The van der Waals surface area contributed by atoms with E-state index < -0.39 is 6.04 Å². The van der Waals surface area contributed by atoms with Crippen LogP contribution in [0.3, 0.4) is 0 Å². The molecular weight excluding hydrogens is 252 g/mol. The Hall–Kier alpha value is -1.39. The van der Waals surface area contributed by atoms with E-state index in [1.165, 1.54) is 5.56 Å². The molecule has 0 saturated carbocycles. The number of carbonyl (C=O) groups excluding carboxylic acids is 1. The molecule has 0 fully saturated rings. The Bertz CT molecular complexity index is 418. The van der Waals surface area contributed by atoms with E-state index in [-0.39, 0.29) is 24.0 Å². The first-order valence-corrected chi connectivity index (χ1v) is 7.03. The van der Waals surface area contributed by atoms with Crippen molar-refractivity contribution in [3.05, 3.63) is 35.9 Å². The summed E-state index contributed by atoms with van der Waals surface area (Å²) in [6, 6.07) is 9.60. The molecule has 4 heteroatoms. The van der Waals surface area contributed by atoms with Crippen LogP contribution in [0.1, 0.15) is 32.8 Å². The van der Waals surface area contributed by atoms with E-state index in [1.54, 1.807) is 7.11 Å². The van der Waals surface area contributed by atoms with Crippen molar-refractivity contribution in [3.63, 3.8) is 0 Å². The quantitative estimate of drug-likeness (QED) is 0.800. The number of nitrogens with two attached hydrogens (primary N) is 1. The minimum absolute atomic E-state index is 0.0281. The third-order valence-corrected chi connectivity index (χ3v) is 3.80. The molecule has 3 N–H and O–H groups in total. The third kappa shape index (κ3) is 4.05. The molecule has 0 heterocycles. The van der Waals surface area contributed by atoms with Crippen LogP contribution in [0.25, 0.3) is 0 Å². The molecule has 0 saturated heterocycles. The van der Waals surface area contributed by atoms with Gasteiger partial charge in [-0.2, -0.15) is 0 Å². The van der Waals surface area contributed by atoms with Crippen LogP contribution in [0, 0.1) is 0 Å². The van der Waals surface area contributed by atoms with Crippen LogP contribution in [-0.4, -0.2) is 31.7 Å². The second-order valence-electron chi connectivity index (χ2n) is 5.62. The minimum Gasteiger partial charge on any atom is -0.383 e. The zero-order valence-electron chi connectivity index (χ0n) is 12.8. The molecule has 1 aromatic rings. The average molecular weight is 278 g/mol. The highest BCUT2D eigenvalue weighted by Gasteiger charge is 2.32. The summed E-state index contributed by atoms with van der Waals surface area (Å²) in [5.41, 5.74) is 6.82. The Balaban J connectivity index is 2.82. The Labute approximate surface area is 121 Å². The number of hydrogen-bond acceptors (Lipinski definition) is 3. The van der Waals surface area contributed by atoms with E-state index in [9.17, 15) is 4.79 Å². The maximum Gasteiger partial charge on any atom is 0.239 e. The van der Waals surface area contributed by atoms with E-state index in [0.717, 1.165) is 6.42 Å². The largest absolute Gasteiger partial charge is 0.383 e. The van der Waals surface area contributed by atoms with Crippen LogP contribution in [0.15, 0.2) is 30.3 Å².